The minimum absolute atomic E-state index is 0.153. The first kappa shape index (κ1) is 15.2. The molecule has 6 nitrogen and oxygen atoms in total. The Kier molecular flexibility index (Phi) is 4.42. The van der Waals surface area contributed by atoms with Crippen molar-refractivity contribution in [3.8, 4) is 0 Å². The SMILES string of the molecule is CCOC(=O)CS(=O)(=O)Cc1ccc(N)c2cccnc12. The number of hydrogen-bond donors (Lipinski definition) is 1. The molecule has 0 radical (unpaired) electrons. The van der Waals surface area contributed by atoms with Gasteiger partial charge in [-0.2, -0.15) is 0 Å². The number of esters is 1. The molecular weight excluding hydrogens is 292 g/mol. The molecule has 0 saturated heterocycles. The van der Waals surface area contributed by atoms with Crippen molar-refractivity contribution in [1.82, 2.24) is 4.98 Å². The van der Waals surface area contributed by atoms with Gasteiger partial charge >= 0.3 is 5.97 Å². The number of carbonyl (C=O) groups excluding carboxylic acids is 1. The van der Waals surface area contributed by atoms with Crippen LogP contribution in [0.15, 0.2) is 30.5 Å². The minimum Gasteiger partial charge on any atom is -0.465 e. The number of rotatable bonds is 5. The van der Waals surface area contributed by atoms with Crippen molar-refractivity contribution in [2.24, 2.45) is 0 Å². The van der Waals surface area contributed by atoms with E-state index in [2.05, 4.69) is 9.72 Å². The molecule has 21 heavy (non-hydrogen) atoms. The average Bonchev–Trinajstić information content (AvgIpc) is 2.42. The molecule has 7 heteroatoms. The molecular formula is C14H16N2O4S. The van der Waals surface area contributed by atoms with Crippen LogP contribution >= 0.6 is 0 Å². The van der Waals surface area contributed by atoms with E-state index in [0.717, 1.165) is 0 Å². The lowest BCUT2D eigenvalue weighted by molar-refractivity contribution is -0.139. The zero-order chi connectivity index (χ0) is 15.5. The van der Waals surface area contributed by atoms with Crippen LogP contribution < -0.4 is 5.73 Å². The lowest BCUT2D eigenvalue weighted by Crippen LogP contribution is -2.20. The maximum absolute atomic E-state index is 12.1. The lowest BCUT2D eigenvalue weighted by atomic mass is 10.1. The van der Waals surface area contributed by atoms with Crippen LogP contribution in [0.1, 0.15) is 12.5 Å². The van der Waals surface area contributed by atoms with Crippen molar-refractivity contribution in [2.75, 3.05) is 18.1 Å². The summed E-state index contributed by atoms with van der Waals surface area (Å²) >= 11 is 0. The van der Waals surface area contributed by atoms with Crippen molar-refractivity contribution in [3.63, 3.8) is 0 Å². The van der Waals surface area contributed by atoms with Gasteiger partial charge in [-0.1, -0.05) is 6.07 Å². The Morgan fingerprint density at radius 2 is 2.10 bits per heavy atom. The molecule has 0 aliphatic rings. The molecule has 1 aromatic heterocycles. The van der Waals surface area contributed by atoms with Crippen LogP contribution in [0.25, 0.3) is 10.9 Å². The van der Waals surface area contributed by atoms with Gasteiger partial charge in [0.25, 0.3) is 0 Å². The van der Waals surface area contributed by atoms with Crippen LogP contribution in [-0.4, -0.2) is 31.7 Å². The highest BCUT2D eigenvalue weighted by molar-refractivity contribution is 7.91. The summed E-state index contributed by atoms with van der Waals surface area (Å²) in [5.41, 5.74) is 7.43. The summed E-state index contributed by atoms with van der Waals surface area (Å²) in [5, 5.41) is 0.696. The largest absolute Gasteiger partial charge is 0.465 e. The lowest BCUT2D eigenvalue weighted by Gasteiger charge is -2.08. The number of pyridine rings is 1. The van der Waals surface area contributed by atoms with Gasteiger partial charge in [0.2, 0.25) is 0 Å². The summed E-state index contributed by atoms with van der Waals surface area (Å²) in [6.07, 6.45) is 1.57. The second-order valence-electron chi connectivity index (χ2n) is 4.55. The number of hydrogen-bond acceptors (Lipinski definition) is 6. The predicted octanol–water partition coefficient (Wildman–Crippen LogP) is 1.29. The van der Waals surface area contributed by atoms with E-state index in [1.54, 1.807) is 37.4 Å². The second-order valence-corrected chi connectivity index (χ2v) is 6.62. The van der Waals surface area contributed by atoms with Gasteiger partial charge < -0.3 is 10.5 Å². The molecule has 1 aromatic carbocycles. The third-order valence-electron chi connectivity index (χ3n) is 2.91. The number of ether oxygens (including phenoxy) is 1. The first-order valence-electron chi connectivity index (χ1n) is 6.41. The fourth-order valence-corrected chi connectivity index (χ4v) is 3.29. The number of anilines is 1. The smallest absolute Gasteiger partial charge is 0.321 e. The summed E-state index contributed by atoms with van der Waals surface area (Å²) in [5.74, 6) is -1.66. The van der Waals surface area contributed by atoms with Gasteiger partial charge in [0, 0.05) is 17.3 Å². The fourth-order valence-electron chi connectivity index (χ4n) is 2.04. The zero-order valence-corrected chi connectivity index (χ0v) is 12.4. The minimum atomic E-state index is -3.62. The Morgan fingerprint density at radius 1 is 1.33 bits per heavy atom. The number of sulfone groups is 1. The van der Waals surface area contributed by atoms with Gasteiger partial charge in [-0.05, 0) is 30.7 Å². The van der Waals surface area contributed by atoms with Crippen molar-refractivity contribution in [3.05, 3.63) is 36.0 Å². The Labute approximate surface area is 122 Å². The van der Waals surface area contributed by atoms with Crippen molar-refractivity contribution < 1.29 is 17.9 Å². The number of fused-ring (bicyclic) bond motifs is 1. The maximum atomic E-state index is 12.1. The third kappa shape index (κ3) is 3.69. The van der Waals surface area contributed by atoms with Gasteiger partial charge in [-0.25, -0.2) is 8.42 Å². The van der Waals surface area contributed by atoms with Crippen LogP contribution in [0.5, 0.6) is 0 Å². The number of nitrogens with two attached hydrogens (primary N) is 1. The van der Waals surface area contributed by atoms with Crippen LogP contribution in [-0.2, 0) is 25.1 Å². The Balaban J connectivity index is 2.32. The van der Waals surface area contributed by atoms with Crippen LogP contribution in [0.3, 0.4) is 0 Å². The van der Waals surface area contributed by atoms with E-state index in [1.807, 2.05) is 0 Å². The zero-order valence-electron chi connectivity index (χ0n) is 11.6. The van der Waals surface area contributed by atoms with Crippen LogP contribution in [0, 0.1) is 0 Å². The van der Waals surface area contributed by atoms with Crippen molar-refractivity contribution >= 4 is 32.4 Å². The first-order chi connectivity index (χ1) is 9.93. The van der Waals surface area contributed by atoms with Crippen molar-refractivity contribution in [2.45, 2.75) is 12.7 Å². The Bertz CT molecular complexity index is 772. The first-order valence-corrected chi connectivity index (χ1v) is 8.23. The van der Waals surface area contributed by atoms with E-state index in [9.17, 15) is 13.2 Å². The molecule has 0 bridgehead atoms. The molecule has 0 fully saturated rings. The summed E-state index contributed by atoms with van der Waals surface area (Å²) in [7, 11) is -3.62. The highest BCUT2D eigenvalue weighted by Crippen LogP contribution is 2.24. The predicted molar refractivity (Wildman–Crippen MR) is 80.3 cm³/mol. The molecule has 2 rings (SSSR count). The van der Waals surface area contributed by atoms with E-state index < -0.39 is 21.6 Å². The molecule has 0 atom stereocenters. The van der Waals surface area contributed by atoms with Crippen molar-refractivity contribution in [1.29, 1.82) is 0 Å². The summed E-state index contributed by atoms with van der Waals surface area (Å²) in [4.78, 5) is 15.5. The highest BCUT2D eigenvalue weighted by atomic mass is 32.2. The monoisotopic (exact) mass is 308 g/mol. The van der Waals surface area contributed by atoms with E-state index in [1.165, 1.54) is 0 Å². The molecule has 2 aromatic rings. The van der Waals surface area contributed by atoms with Gasteiger partial charge in [0.1, 0.15) is 5.75 Å². The molecule has 2 N–H and O–H groups in total. The highest BCUT2D eigenvalue weighted by Gasteiger charge is 2.20. The third-order valence-corrected chi connectivity index (χ3v) is 4.33. The average molecular weight is 308 g/mol. The Hall–Kier alpha value is -2.15. The molecule has 0 saturated carbocycles. The topological polar surface area (TPSA) is 99.4 Å². The summed E-state index contributed by atoms with van der Waals surface area (Å²) < 4.78 is 28.8. The van der Waals surface area contributed by atoms with Gasteiger partial charge in [-0.3, -0.25) is 9.78 Å². The van der Waals surface area contributed by atoms with E-state index in [4.69, 9.17) is 5.73 Å². The quantitative estimate of drug-likeness (QED) is 0.660. The number of nitrogens with zero attached hydrogens (tertiary/aromatic N) is 1. The number of nitrogen functional groups attached to an aromatic ring is 1. The molecule has 1 heterocycles. The summed E-state index contributed by atoms with van der Waals surface area (Å²) in [6, 6.07) is 6.77. The molecule has 0 amide bonds. The molecule has 0 unspecified atom stereocenters. The van der Waals surface area contributed by atoms with Gasteiger partial charge in [0.15, 0.2) is 9.84 Å². The van der Waals surface area contributed by atoms with Gasteiger partial charge in [-0.15, -0.1) is 0 Å². The number of benzene rings is 1. The van der Waals surface area contributed by atoms with E-state index >= 15 is 0 Å². The molecule has 112 valence electrons. The van der Waals surface area contributed by atoms with Gasteiger partial charge in [0.05, 0.1) is 17.9 Å². The number of aromatic nitrogens is 1. The van der Waals surface area contributed by atoms with Crippen LogP contribution in [0.4, 0.5) is 5.69 Å². The number of carbonyl (C=O) groups is 1. The molecule has 0 spiro atoms. The summed E-state index contributed by atoms with van der Waals surface area (Å²) in [6.45, 7) is 1.78. The van der Waals surface area contributed by atoms with E-state index in [0.29, 0.717) is 22.2 Å². The second kappa shape index (κ2) is 6.09. The fraction of sp³-hybridized carbons (Fsp3) is 0.286. The normalized spacial score (nSPS) is 11.5. The van der Waals surface area contributed by atoms with Crippen LogP contribution in [0.2, 0.25) is 0 Å². The molecule has 0 aliphatic carbocycles. The molecule has 0 aliphatic heterocycles. The van der Waals surface area contributed by atoms with E-state index in [-0.39, 0.29) is 12.4 Å². The maximum Gasteiger partial charge on any atom is 0.321 e. The standard InChI is InChI=1S/C14H16N2O4S/c1-2-20-13(17)9-21(18,19)8-10-5-6-12(15)11-4-3-7-16-14(10)11/h3-7H,2,8-9,15H2,1H3. The Morgan fingerprint density at radius 3 is 2.81 bits per heavy atom.